The van der Waals surface area contributed by atoms with E-state index in [2.05, 4.69) is 15.6 Å². The predicted molar refractivity (Wildman–Crippen MR) is 102 cm³/mol. The molecule has 2 aromatic carbocycles. The highest BCUT2D eigenvalue weighted by Crippen LogP contribution is 2.20. The van der Waals surface area contributed by atoms with Crippen molar-refractivity contribution in [1.82, 2.24) is 4.98 Å². The summed E-state index contributed by atoms with van der Waals surface area (Å²) < 4.78 is 27.3. The van der Waals surface area contributed by atoms with Gasteiger partial charge in [0.1, 0.15) is 17.5 Å². The van der Waals surface area contributed by atoms with Crippen LogP contribution in [0.3, 0.4) is 0 Å². The molecule has 7 heteroatoms. The first kappa shape index (κ1) is 18.8. The topological polar surface area (TPSA) is 54.0 Å². The summed E-state index contributed by atoms with van der Waals surface area (Å²) in [5.41, 5.74) is 0.806. The molecule has 0 unspecified atom stereocenters. The number of nitrogens with zero attached hydrogens (tertiary/aromatic N) is 1. The second-order valence-corrected chi connectivity index (χ2v) is 6.16. The summed E-state index contributed by atoms with van der Waals surface area (Å²) in [5, 5.41) is 5.67. The van der Waals surface area contributed by atoms with Crippen LogP contribution in [0.4, 0.5) is 20.3 Å². The first-order valence-corrected chi connectivity index (χ1v) is 8.61. The number of amides is 1. The molecule has 1 aromatic heterocycles. The molecule has 1 heterocycles. The number of carbonyl (C=O) groups excluding carboxylic acids is 1. The number of halogens is 3. The number of carbonyl (C=O) groups is 1. The van der Waals surface area contributed by atoms with Crippen LogP contribution < -0.4 is 10.6 Å². The number of nitrogens with one attached hydrogen (secondary N) is 2. The Balaban J connectivity index is 1.57. The average Bonchev–Trinajstić information content (AvgIpc) is 2.64. The van der Waals surface area contributed by atoms with Crippen LogP contribution in [0.1, 0.15) is 15.9 Å². The van der Waals surface area contributed by atoms with Gasteiger partial charge in [-0.15, -0.1) is 0 Å². The largest absolute Gasteiger partial charge is 0.370 e. The Morgan fingerprint density at radius 1 is 1.00 bits per heavy atom. The maximum Gasteiger partial charge on any atom is 0.260 e. The third kappa shape index (κ3) is 4.80. The molecule has 0 atom stereocenters. The van der Waals surface area contributed by atoms with E-state index < -0.39 is 11.7 Å². The number of pyridine rings is 1. The van der Waals surface area contributed by atoms with Gasteiger partial charge in [0.15, 0.2) is 0 Å². The average molecular weight is 388 g/mol. The van der Waals surface area contributed by atoms with Crippen molar-refractivity contribution in [2.24, 2.45) is 0 Å². The molecule has 4 nitrogen and oxygen atoms in total. The minimum atomic E-state index is -0.695. The molecule has 0 bridgehead atoms. The van der Waals surface area contributed by atoms with Crippen LogP contribution in [0.25, 0.3) is 0 Å². The highest BCUT2D eigenvalue weighted by molar-refractivity contribution is 6.34. The van der Waals surface area contributed by atoms with E-state index >= 15 is 0 Å². The van der Waals surface area contributed by atoms with Crippen LogP contribution in [0, 0.1) is 11.6 Å². The summed E-state index contributed by atoms with van der Waals surface area (Å²) in [5.74, 6) is -1.01. The van der Waals surface area contributed by atoms with Crippen molar-refractivity contribution >= 4 is 29.0 Å². The monoisotopic (exact) mass is 387 g/mol. The van der Waals surface area contributed by atoms with Crippen molar-refractivity contribution in [1.29, 1.82) is 0 Å². The van der Waals surface area contributed by atoms with E-state index in [1.165, 1.54) is 30.5 Å². The van der Waals surface area contributed by atoms with Gasteiger partial charge in [0, 0.05) is 6.54 Å². The molecule has 3 rings (SSSR count). The van der Waals surface area contributed by atoms with Crippen LogP contribution >= 0.6 is 11.6 Å². The predicted octanol–water partition coefficient (Wildman–Crippen LogP) is 4.92. The van der Waals surface area contributed by atoms with Crippen LogP contribution in [0.5, 0.6) is 0 Å². The molecule has 0 aliphatic heterocycles. The quantitative estimate of drug-likeness (QED) is 0.631. The van der Waals surface area contributed by atoms with Crippen molar-refractivity contribution < 1.29 is 13.6 Å². The first-order valence-electron chi connectivity index (χ1n) is 8.23. The van der Waals surface area contributed by atoms with Gasteiger partial charge in [-0.2, -0.15) is 0 Å². The number of rotatable bonds is 6. The zero-order valence-corrected chi connectivity index (χ0v) is 14.9. The van der Waals surface area contributed by atoms with Crippen LogP contribution in [0.2, 0.25) is 5.02 Å². The first-order chi connectivity index (χ1) is 13.0. The van der Waals surface area contributed by atoms with E-state index in [0.29, 0.717) is 30.0 Å². The van der Waals surface area contributed by atoms with Gasteiger partial charge in [-0.1, -0.05) is 35.9 Å². The maximum absolute atomic E-state index is 13.8. The second kappa shape index (κ2) is 8.60. The van der Waals surface area contributed by atoms with E-state index in [1.807, 2.05) is 0 Å². The molecule has 138 valence electrons. The Bertz CT molecular complexity index is 928. The third-order valence-electron chi connectivity index (χ3n) is 3.87. The Morgan fingerprint density at radius 2 is 1.78 bits per heavy atom. The molecular formula is C20H16ClF2N3O. The van der Waals surface area contributed by atoms with Gasteiger partial charge in [-0.25, -0.2) is 13.8 Å². The summed E-state index contributed by atoms with van der Waals surface area (Å²) in [4.78, 5) is 16.4. The molecular weight excluding hydrogens is 372 g/mol. The molecule has 0 saturated carbocycles. The molecule has 0 fully saturated rings. The molecule has 1 amide bonds. The van der Waals surface area contributed by atoms with Crippen molar-refractivity contribution in [3.63, 3.8) is 0 Å². The second-order valence-electron chi connectivity index (χ2n) is 5.75. The van der Waals surface area contributed by atoms with Gasteiger partial charge in [-0.3, -0.25) is 4.79 Å². The lowest BCUT2D eigenvalue weighted by Gasteiger charge is -2.09. The zero-order chi connectivity index (χ0) is 19.2. The highest BCUT2D eigenvalue weighted by Gasteiger charge is 2.15. The number of aromatic nitrogens is 1. The summed E-state index contributed by atoms with van der Waals surface area (Å²) in [7, 11) is 0. The Labute approximate surface area is 160 Å². The minimum Gasteiger partial charge on any atom is -0.370 e. The summed E-state index contributed by atoms with van der Waals surface area (Å²) >= 11 is 5.88. The molecule has 0 spiro atoms. The van der Waals surface area contributed by atoms with Gasteiger partial charge >= 0.3 is 0 Å². The number of benzene rings is 2. The van der Waals surface area contributed by atoms with E-state index in [1.54, 1.807) is 30.3 Å². The van der Waals surface area contributed by atoms with E-state index in [0.717, 1.165) is 0 Å². The lowest BCUT2D eigenvalue weighted by Crippen LogP contribution is -2.15. The summed E-state index contributed by atoms with van der Waals surface area (Å²) in [6, 6.07) is 13.9. The number of hydrogen-bond donors (Lipinski definition) is 2. The van der Waals surface area contributed by atoms with Crippen LogP contribution in [0.15, 0.2) is 60.8 Å². The SMILES string of the molecule is O=C(Nc1ccc(NCCc2ccccc2F)nc1)c1c(F)cccc1Cl. The van der Waals surface area contributed by atoms with Crippen molar-refractivity contribution in [2.45, 2.75) is 6.42 Å². The number of hydrogen-bond acceptors (Lipinski definition) is 3. The smallest absolute Gasteiger partial charge is 0.260 e. The zero-order valence-electron chi connectivity index (χ0n) is 14.2. The fourth-order valence-electron chi connectivity index (χ4n) is 2.51. The van der Waals surface area contributed by atoms with Gasteiger partial charge in [0.2, 0.25) is 0 Å². The normalized spacial score (nSPS) is 10.5. The van der Waals surface area contributed by atoms with Crippen molar-refractivity contribution in [3.8, 4) is 0 Å². The van der Waals surface area contributed by atoms with Gasteiger partial charge in [0.05, 0.1) is 22.5 Å². The lowest BCUT2D eigenvalue weighted by molar-refractivity contribution is 0.102. The van der Waals surface area contributed by atoms with E-state index in [-0.39, 0.29) is 16.4 Å². The Morgan fingerprint density at radius 3 is 2.48 bits per heavy atom. The highest BCUT2D eigenvalue weighted by atomic mass is 35.5. The molecule has 2 N–H and O–H groups in total. The van der Waals surface area contributed by atoms with Crippen molar-refractivity contribution in [3.05, 3.63) is 88.6 Å². The Kier molecular flexibility index (Phi) is 5.98. The van der Waals surface area contributed by atoms with Gasteiger partial charge in [0.25, 0.3) is 5.91 Å². The molecule has 3 aromatic rings. The molecule has 0 aliphatic carbocycles. The van der Waals surface area contributed by atoms with Crippen LogP contribution in [-0.2, 0) is 6.42 Å². The third-order valence-corrected chi connectivity index (χ3v) is 4.18. The molecule has 0 aliphatic rings. The number of anilines is 2. The Hall–Kier alpha value is -2.99. The molecule has 0 saturated heterocycles. The molecule has 0 radical (unpaired) electrons. The van der Waals surface area contributed by atoms with Crippen LogP contribution in [-0.4, -0.2) is 17.4 Å². The van der Waals surface area contributed by atoms with Gasteiger partial charge < -0.3 is 10.6 Å². The fraction of sp³-hybridized carbons (Fsp3) is 0.100. The lowest BCUT2D eigenvalue weighted by atomic mass is 10.1. The van der Waals surface area contributed by atoms with Crippen molar-refractivity contribution in [2.75, 3.05) is 17.2 Å². The van der Waals surface area contributed by atoms with Gasteiger partial charge in [-0.05, 0) is 42.3 Å². The standard InChI is InChI=1S/C20H16ClF2N3O/c21-15-5-3-7-17(23)19(15)20(27)26-14-8-9-18(25-12-14)24-11-10-13-4-1-2-6-16(13)22/h1-9,12H,10-11H2,(H,24,25)(H,26,27). The molecule has 27 heavy (non-hydrogen) atoms. The summed E-state index contributed by atoms with van der Waals surface area (Å²) in [6.45, 7) is 0.504. The van der Waals surface area contributed by atoms with E-state index in [4.69, 9.17) is 11.6 Å². The minimum absolute atomic E-state index is 0.0342. The summed E-state index contributed by atoms with van der Waals surface area (Å²) in [6.07, 6.45) is 1.96. The van der Waals surface area contributed by atoms with E-state index in [9.17, 15) is 13.6 Å². The fourth-order valence-corrected chi connectivity index (χ4v) is 2.76. The maximum atomic E-state index is 13.8.